The quantitative estimate of drug-likeness (QED) is 0.433. The maximum Gasteiger partial charge on any atom is 0.137 e. The molecule has 3 aromatic carbocycles. The van der Waals surface area contributed by atoms with Crippen LogP contribution in [0.3, 0.4) is 0 Å². The average Bonchev–Trinajstić information content (AvgIpc) is 3.13. The van der Waals surface area contributed by atoms with Crippen molar-refractivity contribution in [1.82, 2.24) is 15.0 Å². The summed E-state index contributed by atoms with van der Waals surface area (Å²) in [5, 5.41) is 2.65. The molecule has 0 atom stereocenters. The summed E-state index contributed by atoms with van der Waals surface area (Å²) in [7, 11) is 0. The molecular weight excluding hydrogens is 342 g/mol. The van der Waals surface area contributed by atoms with Gasteiger partial charge in [-0.2, -0.15) is 0 Å². The van der Waals surface area contributed by atoms with Crippen LogP contribution in [0.15, 0.2) is 54.6 Å². The van der Waals surface area contributed by atoms with Crippen molar-refractivity contribution in [3.8, 4) is 11.1 Å². The predicted octanol–water partition coefficient (Wildman–Crippen LogP) is 5.31. The molecule has 138 valence electrons. The van der Waals surface area contributed by atoms with Crippen LogP contribution in [-0.4, -0.2) is 15.0 Å². The lowest BCUT2D eigenvalue weighted by Gasteiger charge is -2.13. The Labute approximate surface area is 165 Å². The fraction of sp³-hybridized carbons (Fsp3) is 0.240. The highest BCUT2D eigenvalue weighted by Gasteiger charge is 2.24. The standard InChI is InChI=1S/C25H23N3/c1-3-22-26-23(4-2)28-24(27-22)15-18-13-16-9-5-7-11-19(16)21-14-17-10-6-8-12-20(17)25(18)21/h5-13H,3-4,14-15H2,1-2H3. The van der Waals surface area contributed by atoms with Gasteiger partial charge in [0, 0.05) is 19.3 Å². The van der Waals surface area contributed by atoms with Crippen molar-refractivity contribution in [2.45, 2.75) is 39.5 Å². The number of rotatable bonds is 4. The van der Waals surface area contributed by atoms with Gasteiger partial charge in [-0.1, -0.05) is 68.4 Å². The Hall–Kier alpha value is -3.07. The summed E-state index contributed by atoms with van der Waals surface area (Å²) >= 11 is 0. The van der Waals surface area contributed by atoms with Crippen molar-refractivity contribution in [2.24, 2.45) is 0 Å². The molecule has 0 spiro atoms. The Kier molecular flexibility index (Phi) is 4.16. The molecule has 1 aliphatic carbocycles. The van der Waals surface area contributed by atoms with Gasteiger partial charge >= 0.3 is 0 Å². The molecule has 5 rings (SSSR count). The molecule has 0 unspecified atom stereocenters. The minimum absolute atomic E-state index is 0.740. The van der Waals surface area contributed by atoms with Gasteiger partial charge in [0.15, 0.2) is 0 Å². The molecule has 0 bridgehead atoms. The fourth-order valence-corrected chi connectivity index (χ4v) is 4.34. The summed E-state index contributed by atoms with van der Waals surface area (Å²) in [6, 6.07) is 19.8. The lowest BCUT2D eigenvalue weighted by Crippen LogP contribution is -2.08. The van der Waals surface area contributed by atoms with Gasteiger partial charge in [0.1, 0.15) is 17.5 Å². The monoisotopic (exact) mass is 365 g/mol. The smallest absolute Gasteiger partial charge is 0.137 e. The molecule has 0 radical (unpaired) electrons. The molecule has 0 saturated carbocycles. The van der Waals surface area contributed by atoms with Crippen LogP contribution < -0.4 is 0 Å². The maximum absolute atomic E-state index is 4.73. The summed E-state index contributed by atoms with van der Waals surface area (Å²) in [5.41, 5.74) is 6.91. The van der Waals surface area contributed by atoms with E-state index in [4.69, 9.17) is 9.97 Å². The Balaban J connectivity index is 1.71. The zero-order chi connectivity index (χ0) is 19.1. The first-order valence-electron chi connectivity index (χ1n) is 10.1. The molecule has 3 heteroatoms. The molecule has 3 nitrogen and oxygen atoms in total. The molecule has 0 amide bonds. The molecule has 1 heterocycles. The summed E-state index contributed by atoms with van der Waals surface area (Å²) in [6.07, 6.45) is 3.41. The Morgan fingerprint density at radius 3 is 2.25 bits per heavy atom. The second-order valence-electron chi connectivity index (χ2n) is 7.41. The van der Waals surface area contributed by atoms with Crippen molar-refractivity contribution in [3.05, 3.63) is 88.8 Å². The number of aryl methyl sites for hydroxylation is 2. The minimum atomic E-state index is 0.740. The van der Waals surface area contributed by atoms with Gasteiger partial charge in [0.05, 0.1) is 0 Å². The minimum Gasteiger partial charge on any atom is -0.218 e. The average molecular weight is 365 g/mol. The molecule has 0 fully saturated rings. The van der Waals surface area contributed by atoms with Crippen molar-refractivity contribution < 1.29 is 0 Å². The van der Waals surface area contributed by atoms with E-state index in [2.05, 4.69) is 73.4 Å². The van der Waals surface area contributed by atoms with E-state index in [-0.39, 0.29) is 0 Å². The van der Waals surface area contributed by atoms with Gasteiger partial charge < -0.3 is 0 Å². The van der Waals surface area contributed by atoms with Crippen LogP contribution >= 0.6 is 0 Å². The van der Waals surface area contributed by atoms with Crippen LogP contribution in [-0.2, 0) is 25.7 Å². The van der Waals surface area contributed by atoms with Crippen LogP contribution in [0.5, 0.6) is 0 Å². The Morgan fingerprint density at radius 2 is 1.46 bits per heavy atom. The molecule has 0 aliphatic heterocycles. The Morgan fingerprint density at radius 1 is 0.786 bits per heavy atom. The molecular formula is C25H23N3. The number of hydrogen-bond acceptors (Lipinski definition) is 3. The second-order valence-corrected chi connectivity index (χ2v) is 7.41. The predicted molar refractivity (Wildman–Crippen MR) is 114 cm³/mol. The third-order valence-electron chi connectivity index (χ3n) is 5.65. The highest BCUT2D eigenvalue weighted by atomic mass is 15.0. The molecule has 1 aliphatic rings. The lowest BCUT2D eigenvalue weighted by molar-refractivity contribution is 0.780. The summed E-state index contributed by atoms with van der Waals surface area (Å²) in [5.74, 6) is 2.66. The zero-order valence-corrected chi connectivity index (χ0v) is 16.4. The van der Waals surface area contributed by atoms with E-state index >= 15 is 0 Å². The molecule has 1 aromatic heterocycles. The molecule has 4 aromatic rings. The maximum atomic E-state index is 4.73. The largest absolute Gasteiger partial charge is 0.218 e. The second kappa shape index (κ2) is 6.83. The summed E-state index contributed by atoms with van der Waals surface area (Å²) in [6.45, 7) is 4.20. The molecule has 0 N–H and O–H groups in total. The Bertz CT molecular complexity index is 1170. The van der Waals surface area contributed by atoms with Gasteiger partial charge in [-0.15, -0.1) is 0 Å². The fourth-order valence-electron chi connectivity index (χ4n) is 4.34. The van der Waals surface area contributed by atoms with E-state index in [9.17, 15) is 0 Å². The van der Waals surface area contributed by atoms with E-state index < -0.39 is 0 Å². The highest BCUT2D eigenvalue weighted by Crippen LogP contribution is 2.43. The first kappa shape index (κ1) is 17.1. The number of fused-ring (bicyclic) bond motifs is 5. The lowest BCUT2D eigenvalue weighted by atomic mass is 9.92. The van der Waals surface area contributed by atoms with Crippen LogP contribution in [0.4, 0.5) is 0 Å². The first-order chi connectivity index (χ1) is 13.8. The van der Waals surface area contributed by atoms with Crippen molar-refractivity contribution >= 4 is 10.8 Å². The third-order valence-corrected chi connectivity index (χ3v) is 5.65. The van der Waals surface area contributed by atoms with Crippen LogP contribution in [0, 0.1) is 0 Å². The SMILES string of the molecule is CCc1nc(CC)nc(Cc2cc3ccccc3c3c2-c2ccccc2C3)n1. The number of aromatic nitrogens is 3. The molecule has 28 heavy (non-hydrogen) atoms. The van der Waals surface area contributed by atoms with E-state index in [1.165, 1.54) is 38.6 Å². The number of nitrogens with zero attached hydrogens (tertiary/aromatic N) is 3. The van der Waals surface area contributed by atoms with Crippen LogP contribution in [0.1, 0.15) is 48.0 Å². The molecule has 0 saturated heterocycles. The van der Waals surface area contributed by atoms with Crippen LogP contribution in [0.25, 0.3) is 21.9 Å². The zero-order valence-electron chi connectivity index (χ0n) is 16.4. The van der Waals surface area contributed by atoms with Gasteiger partial charge in [-0.05, 0) is 45.0 Å². The van der Waals surface area contributed by atoms with Crippen LogP contribution in [0.2, 0.25) is 0 Å². The van der Waals surface area contributed by atoms with Crippen molar-refractivity contribution in [3.63, 3.8) is 0 Å². The number of hydrogen-bond donors (Lipinski definition) is 0. The number of benzene rings is 3. The van der Waals surface area contributed by atoms with Gasteiger partial charge in [0.25, 0.3) is 0 Å². The van der Waals surface area contributed by atoms with Crippen molar-refractivity contribution in [1.29, 1.82) is 0 Å². The summed E-state index contributed by atoms with van der Waals surface area (Å²) < 4.78 is 0. The van der Waals surface area contributed by atoms with E-state index in [1.807, 2.05) is 0 Å². The van der Waals surface area contributed by atoms with E-state index in [1.54, 1.807) is 0 Å². The van der Waals surface area contributed by atoms with Gasteiger partial charge in [-0.3, -0.25) is 0 Å². The normalized spacial score (nSPS) is 12.2. The van der Waals surface area contributed by atoms with E-state index in [0.29, 0.717) is 0 Å². The third kappa shape index (κ3) is 2.78. The first-order valence-corrected chi connectivity index (χ1v) is 10.1. The van der Waals surface area contributed by atoms with E-state index in [0.717, 1.165) is 43.2 Å². The van der Waals surface area contributed by atoms with Gasteiger partial charge in [-0.25, -0.2) is 15.0 Å². The highest BCUT2D eigenvalue weighted by molar-refractivity contribution is 5.97. The summed E-state index contributed by atoms with van der Waals surface area (Å²) in [4.78, 5) is 14.0. The topological polar surface area (TPSA) is 38.7 Å². The van der Waals surface area contributed by atoms with Gasteiger partial charge in [0.2, 0.25) is 0 Å². The van der Waals surface area contributed by atoms with Crippen molar-refractivity contribution in [2.75, 3.05) is 0 Å².